The highest BCUT2D eigenvalue weighted by molar-refractivity contribution is 8.14. The van der Waals surface area contributed by atoms with Crippen molar-refractivity contribution in [3.63, 3.8) is 0 Å². The Bertz CT molecular complexity index is 562. The molecule has 1 amide bonds. The topological polar surface area (TPSA) is 92.7 Å². The predicted octanol–water partition coefficient (Wildman–Crippen LogP) is 1.79. The summed E-state index contributed by atoms with van der Waals surface area (Å²) >= 11 is 0.805. The Morgan fingerprint density at radius 2 is 2.05 bits per heavy atom. The minimum Gasteiger partial charge on any atom is -0.479 e. The van der Waals surface area contributed by atoms with Gasteiger partial charge in [0.25, 0.3) is 0 Å². The fourth-order valence-electron chi connectivity index (χ4n) is 1.97. The maximum atomic E-state index is 11.7. The van der Waals surface area contributed by atoms with E-state index in [2.05, 4.69) is 5.32 Å². The molecular formula is C14H15NO5S. The summed E-state index contributed by atoms with van der Waals surface area (Å²) in [4.78, 5) is 34.0. The van der Waals surface area contributed by atoms with Gasteiger partial charge in [0.05, 0.1) is 5.25 Å². The van der Waals surface area contributed by atoms with Crippen LogP contribution in [0.5, 0.6) is 0 Å². The molecule has 1 aromatic rings. The smallest absolute Gasteiger partial charge is 0.368 e. The maximum Gasteiger partial charge on any atom is 0.368 e. The highest BCUT2D eigenvalue weighted by atomic mass is 32.2. The molecule has 21 heavy (non-hydrogen) atoms. The van der Waals surface area contributed by atoms with Crippen LogP contribution in [0.25, 0.3) is 0 Å². The number of carbonyl (C=O) groups excluding carboxylic acids is 2. The molecule has 0 saturated heterocycles. The number of ether oxygens (including phenoxy) is 1. The zero-order chi connectivity index (χ0) is 15.5. The van der Waals surface area contributed by atoms with Crippen molar-refractivity contribution >= 4 is 28.9 Å². The van der Waals surface area contributed by atoms with Crippen LogP contribution >= 0.6 is 11.8 Å². The Labute approximate surface area is 125 Å². The summed E-state index contributed by atoms with van der Waals surface area (Å²) in [6, 6.07) is 9.19. The predicted molar refractivity (Wildman–Crippen MR) is 76.8 cm³/mol. The van der Waals surface area contributed by atoms with Gasteiger partial charge in [-0.05, 0) is 23.7 Å². The summed E-state index contributed by atoms with van der Waals surface area (Å²) < 4.78 is 5.08. The second-order valence-electron chi connectivity index (χ2n) is 4.79. The third kappa shape index (κ3) is 3.75. The second-order valence-corrected chi connectivity index (χ2v) is 5.93. The van der Waals surface area contributed by atoms with Crippen LogP contribution in [0.1, 0.15) is 18.9 Å². The summed E-state index contributed by atoms with van der Waals surface area (Å²) in [5.41, 5.74) is -0.490. The van der Waals surface area contributed by atoms with Crippen molar-refractivity contribution in [3.8, 4) is 0 Å². The van der Waals surface area contributed by atoms with Crippen LogP contribution in [0.15, 0.2) is 30.3 Å². The summed E-state index contributed by atoms with van der Waals surface area (Å²) in [7, 11) is 0. The van der Waals surface area contributed by atoms with Gasteiger partial charge in [0.1, 0.15) is 6.61 Å². The average molecular weight is 309 g/mol. The number of carbonyl (C=O) groups is 3. The van der Waals surface area contributed by atoms with Crippen molar-refractivity contribution in [1.29, 1.82) is 0 Å². The average Bonchev–Trinajstić information content (AvgIpc) is 3.10. The van der Waals surface area contributed by atoms with E-state index in [1.54, 1.807) is 0 Å². The van der Waals surface area contributed by atoms with Gasteiger partial charge in [-0.15, -0.1) is 0 Å². The number of carboxylic acid groups (broad SMARTS) is 1. The lowest BCUT2D eigenvalue weighted by molar-refractivity contribution is -0.142. The zero-order valence-electron chi connectivity index (χ0n) is 11.4. The zero-order valence-corrected chi connectivity index (χ0v) is 12.2. The van der Waals surface area contributed by atoms with Gasteiger partial charge in [0.2, 0.25) is 5.91 Å². The molecule has 0 bridgehead atoms. The standard InChI is InChI=1S/C14H15NO5S/c1-9(16)15-14(12(17)18)7-11(14)21-13(19)20-8-10-5-3-2-4-6-10/h2-6,11H,7-8H2,1H3,(H,15,16)(H,17,18). The van der Waals surface area contributed by atoms with Crippen LogP contribution in [-0.4, -0.2) is 33.1 Å². The Balaban J connectivity index is 1.84. The third-order valence-corrected chi connectivity index (χ3v) is 4.28. The lowest BCUT2D eigenvalue weighted by Crippen LogP contribution is -2.44. The molecule has 1 fully saturated rings. The normalized spacial score (nSPS) is 23.2. The first-order valence-electron chi connectivity index (χ1n) is 6.33. The molecule has 0 heterocycles. The number of aliphatic carboxylic acids is 1. The van der Waals surface area contributed by atoms with E-state index in [1.165, 1.54) is 6.92 Å². The van der Waals surface area contributed by atoms with Crippen molar-refractivity contribution in [1.82, 2.24) is 5.32 Å². The molecule has 2 unspecified atom stereocenters. The summed E-state index contributed by atoms with van der Waals surface area (Å²) in [5, 5.41) is 10.5. The van der Waals surface area contributed by atoms with E-state index >= 15 is 0 Å². The number of amides is 1. The lowest BCUT2D eigenvalue weighted by Gasteiger charge is -2.12. The molecule has 7 heteroatoms. The van der Waals surface area contributed by atoms with E-state index in [-0.39, 0.29) is 13.0 Å². The maximum absolute atomic E-state index is 11.7. The first kappa shape index (κ1) is 15.4. The van der Waals surface area contributed by atoms with Crippen molar-refractivity contribution in [2.75, 3.05) is 0 Å². The molecule has 2 rings (SSSR count). The van der Waals surface area contributed by atoms with Crippen molar-refractivity contribution in [2.45, 2.75) is 30.7 Å². The second kappa shape index (κ2) is 6.17. The van der Waals surface area contributed by atoms with Gasteiger partial charge in [-0.3, -0.25) is 4.79 Å². The first-order valence-corrected chi connectivity index (χ1v) is 7.21. The molecule has 0 spiro atoms. The molecule has 112 valence electrons. The van der Waals surface area contributed by atoms with E-state index in [0.29, 0.717) is 0 Å². The fraction of sp³-hybridized carbons (Fsp3) is 0.357. The van der Waals surface area contributed by atoms with Crippen LogP contribution in [0, 0.1) is 0 Å². The highest BCUT2D eigenvalue weighted by Gasteiger charge is 2.63. The first-order chi connectivity index (χ1) is 9.94. The monoisotopic (exact) mass is 309 g/mol. The summed E-state index contributed by atoms with van der Waals surface area (Å²) in [6.07, 6.45) is 0.215. The van der Waals surface area contributed by atoms with E-state index < -0.39 is 28.0 Å². The molecule has 2 N–H and O–H groups in total. The van der Waals surface area contributed by atoms with Crippen LogP contribution in [0.4, 0.5) is 4.79 Å². The van der Waals surface area contributed by atoms with Crippen molar-refractivity contribution < 1.29 is 24.2 Å². The Kier molecular flexibility index (Phi) is 4.52. The van der Waals surface area contributed by atoms with E-state index in [4.69, 9.17) is 9.84 Å². The Hall–Kier alpha value is -2.02. The molecule has 0 radical (unpaired) electrons. The van der Waals surface area contributed by atoms with Gasteiger partial charge in [-0.25, -0.2) is 9.59 Å². The fourth-order valence-corrected chi connectivity index (χ4v) is 3.03. The minimum absolute atomic E-state index is 0.138. The van der Waals surface area contributed by atoms with Crippen LogP contribution in [0.3, 0.4) is 0 Å². The molecule has 0 aromatic heterocycles. The number of hydrogen-bond acceptors (Lipinski definition) is 5. The van der Waals surface area contributed by atoms with E-state index in [9.17, 15) is 14.4 Å². The number of thioether (sulfide) groups is 1. The van der Waals surface area contributed by atoms with Gasteiger partial charge in [0.15, 0.2) is 5.54 Å². The van der Waals surface area contributed by atoms with E-state index in [0.717, 1.165) is 17.3 Å². The quantitative estimate of drug-likeness (QED) is 0.806. The molecule has 1 saturated carbocycles. The molecule has 6 nitrogen and oxygen atoms in total. The highest BCUT2D eigenvalue weighted by Crippen LogP contribution is 2.46. The van der Waals surface area contributed by atoms with Gasteiger partial charge in [-0.2, -0.15) is 0 Å². The molecular weight excluding hydrogens is 294 g/mol. The van der Waals surface area contributed by atoms with Crippen LogP contribution < -0.4 is 5.32 Å². The Morgan fingerprint density at radius 1 is 1.38 bits per heavy atom. The van der Waals surface area contributed by atoms with Gasteiger partial charge >= 0.3 is 11.3 Å². The van der Waals surface area contributed by atoms with Gasteiger partial charge in [0, 0.05) is 6.92 Å². The number of nitrogens with one attached hydrogen (secondary N) is 1. The van der Waals surface area contributed by atoms with Gasteiger partial charge < -0.3 is 15.2 Å². The third-order valence-electron chi connectivity index (χ3n) is 3.12. The van der Waals surface area contributed by atoms with Crippen LogP contribution in [-0.2, 0) is 20.9 Å². The lowest BCUT2D eigenvalue weighted by atomic mass is 10.2. The number of benzene rings is 1. The largest absolute Gasteiger partial charge is 0.479 e. The summed E-state index contributed by atoms with van der Waals surface area (Å²) in [6.45, 7) is 1.39. The summed E-state index contributed by atoms with van der Waals surface area (Å²) in [5.74, 6) is -1.57. The van der Waals surface area contributed by atoms with Crippen molar-refractivity contribution in [2.24, 2.45) is 0 Å². The molecule has 1 aliphatic carbocycles. The van der Waals surface area contributed by atoms with Gasteiger partial charge in [-0.1, -0.05) is 30.3 Å². The molecule has 2 atom stereocenters. The number of hydrogen-bond donors (Lipinski definition) is 2. The number of rotatable bonds is 5. The molecule has 1 aromatic carbocycles. The molecule has 1 aliphatic rings. The van der Waals surface area contributed by atoms with Crippen LogP contribution in [0.2, 0.25) is 0 Å². The SMILES string of the molecule is CC(=O)NC1(C(=O)O)CC1SC(=O)OCc1ccccc1. The Morgan fingerprint density at radius 3 is 2.62 bits per heavy atom. The van der Waals surface area contributed by atoms with Crippen molar-refractivity contribution in [3.05, 3.63) is 35.9 Å². The van der Waals surface area contributed by atoms with E-state index in [1.807, 2.05) is 30.3 Å². The minimum atomic E-state index is -1.34. The number of carboxylic acids is 1. The molecule has 0 aliphatic heterocycles.